The quantitative estimate of drug-likeness (QED) is 0.851. The van der Waals surface area contributed by atoms with Gasteiger partial charge in [-0.3, -0.25) is 4.79 Å². The number of hydrogen-bond donors (Lipinski definition) is 2. The standard InChI is InChI=1S/C14H9ClFN3O2/c15-10-5-8(18)4-9(14(19)20)13(10)21-12-2-1-7(6-17)3-11(12)16/h1-5H,18H2,(H2,19,20). The molecule has 1 amide bonds. The number of amides is 1. The first kappa shape index (κ1) is 14.6. The van der Waals surface area contributed by atoms with Crippen molar-refractivity contribution in [2.24, 2.45) is 5.73 Å². The summed E-state index contributed by atoms with van der Waals surface area (Å²) in [5.41, 5.74) is 11.1. The number of hydrogen-bond acceptors (Lipinski definition) is 4. The Morgan fingerprint density at radius 1 is 1.33 bits per heavy atom. The number of nitrogens with zero attached hydrogens (tertiary/aromatic N) is 1. The summed E-state index contributed by atoms with van der Waals surface area (Å²) < 4.78 is 19.1. The molecule has 106 valence electrons. The van der Waals surface area contributed by atoms with Gasteiger partial charge in [0.2, 0.25) is 0 Å². The maximum absolute atomic E-state index is 13.8. The highest BCUT2D eigenvalue weighted by atomic mass is 35.5. The predicted molar refractivity (Wildman–Crippen MR) is 75.6 cm³/mol. The molecule has 0 aliphatic rings. The summed E-state index contributed by atoms with van der Waals surface area (Å²) in [6, 6.07) is 8.06. The lowest BCUT2D eigenvalue weighted by molar-refractivity contribution is 0.0998. The summed E-state index contributed by atoms with van der Waals surface area (Å²) >= 11 is 5.95. The Balaban J connectivity index is 2.49. The summed E-state index contributed by atoms with van der Waals surface area (Å²) in [6.07, 6.45) is 0. The van der Waals surface area contributed by atoms with Crippen LogP contribution < -0.4 is 16.2 Å². The van der Waals surface area contributed by atoms with Crippen LogP contribution in [-0.2, 0) is 0 Å². The zero-order valence-electron chi connectivity index (χ0n) is 10.6. The van der Waals surface area contributed by atoms with Gasteiger partial charge in [-0.1, -0.05) is 11.6 Å². The van der Waals surface area contributed by atoms with Crippen molar-refractivity contribution in [2.75, 3.05) is 5.73 Å². The van der Waals surface area contributed by atoms with Gasteiger partial charge in [0, 0.05) is 5.69 Å². The monoisotopic (exact) mass is 305 g/mol. The molecule has 0 aliphatic heterocycles. The van der Waals surface area contributed by atoms with Gasteiger partial charge in [0.05, 0.1) is 22.2 Å². The van der Waals surface area contributed by atoms with Crippen LogP contribution in [0.3, 0.4) is 0 Å². The number of ether oxygens (including phenoxy) is 1. The molecule has 7 heteroatoms. The fourth-order valence-electron chi connectivity index (χ4n) is 1.66. The Hall–Kier alpha value is -2.78. The summed E-state index contributed by atoms with van der Waals surface area (Å²) in [5, 5.41) is 8.70. The van der Waals surface area contributed by atoms with Gasteiger partial charge in [0.1, 0.15) is 0 Å². The Labute approximate surface area is 124 Å². The number of rotatable bonds is 3. The van der Waals surface area contributed by atoms with Gasteiger partial charge in [0.15, 0.2) is 17.3 Å². The van der Waals surface area contributed by atoms with Crippen molar-refractivity contribution in [3.8, 4) is 17.6 Å². The molecule has 2 rings (SSSR count). The second kappa shape index (κ2) is 5.69. The fourth-order valence-corrected chi connectivity index (χ4v) is 1.93. The van der Waals surface area contributed by atoms with Crippen LogP contribution in [0.2, 0.25) is 5.02 Å². The van der Waals surface area contributed by atoms with Gasteiger partial charge in [-0.2, -0.15) is 5.26 Å². The molecule has 0 aliphatic carbocycles. The molecule has 0 saturated carbocycles. The summed E-state index contributed by atoms with van der Waals surface area (Å²) in [7, 11) is 0. The maximum Gasteiger partial charge on any atom is 0.252 e. The SMILES string of the molecule is N#Cc1ccc(Oc2c(Cl)cc(N)cc2C(N)=O)c(F)c1. The van der Waals surface area contributed by atoms with E-state index in [2.05, 4.69) is 0 Å². The van der Waals surface area contributed by atoms with E-state index in [0.29, 0.717) is 0 Å². The highest BCUT2D eigenvalue weighted by Crippen LogP contribution is 2.36. The average molecular weight is 306 g/mol. The van der Waals surface area contributed by atoms with Crippen molar-refractivity contribution in [2.45, 2.75) is 0 Å². The van der Waals surface area contributed by atoms with E-state index in [-0.39, 0.29) is 33.3 Å². The van der Waals surface area contributed by atoms with Crippen molar-refractivity contribution < 1.29 is 13.9 Å². The lowest BCUT2D eigenvalue weighted by Gasteiger charge is -2.12. The minimum absolute atomic E-state index is 0.0209. The Kier molecular flexibility index (Phi) is 3.96. The molecule has 2 aromatic rings. The molecular formula is C14H9ClFN3O2. The maximum atomic E-state index is 13.8. The first-order chi connectivity index (χ1) is 9.92. The van der Waals surface area contributed by atoms with Gasteiger partial charge in [0.25, 0.3) is 5.91 Å². The average Bonchev–Trinajstić information content (AvgIpc) is 2.42. The predicted octanol–water partition coefficient (Wildman–Crippen LogP) is 2.82. The number of carbonyl (C=O) groups excluding carboxylic acids is 1. The van der Waals surface area contributed by atoms with Gasteiger partial charge in [-0.25, -0.2) is 4.39 Å². The number of carbonyl (C=O) groups is 1. The van der Waals surface area contributed by atoms with Crippen molar-refractivity contribution >= 4 is 23.2 Å². The van der Waals surface area contributed by atoms with Crippen LogP contribution in [0.5, 0.6) is 11.5 Å². The minimum atomic E-state index is -0.812. The molecule has 0 spiro atoms. The third-order valence-corrected chi connectivity index (χ3v) is 2.89. The molecule has 0 heterocycles. The normalized spacial score (nSPS) is 9.95. The molecule has 5 nitrogen and oxygen atoms in total. The van der Waals surface area contributed by atoms with Gasteiger partial charge >= 0.3 is 0 Å². The van der Waals surface area contributed by atoms with Crippen LogP contribution in [0.4, 0.5) is 10.1 Å². The molecule has 0 fully saturated rings. The third kappa shape index (κ3) is 3.04. The van der Waals surface area contributed by atoms with Crippen molar-refractivity contribution in [1.82, 2.24) is 0 Å². The lowest BCUT2D eigenvalue weighted by atomic mass is 10.1. The van der Waals surface area contributed by atoms with Crippen molar-refractivity contribution in [3.63, 3.8) is 0 Å². The number of nitrogens with two attached hydrogens (primary N) is 2. The molecule has 2 aromatic carbocycles. The minimum Gasteiger partial charge on any atom is -0.452 e. The van der Waals surface area contributed by atoms with E-state index in [9.17, 15) is 9.18 Å². The molecule has 0 radical (unpaired) electrons. The number of primary amides is 1. The van der Waals surface area contributed by atoms with E-state index in [1.807, 2.05) is 0 Å². The van der Waals surface area contributed by atoms with Crippen LogP contribution in [0, 0.1) is 17.1 Å². The highest BCUT2D eigenvalue weighted by Gasteiger charge is 2.17. The van der Waals surface area contributed by atoms with Gasteiger partial charge in [-0.15, -0.1) is 0 Å². The zero-order chi connectivity index (χ0) is 15.6. The zero-order valence-corrected chi connectivity index (χ0v) is 11.3. The molecule has 0 aromatic heterocycles. The number of nitrogen functional groups attached to an aromatic ring is 1. The number of nitriles is 1. The van der Waals surface area contributed by atoms with Crippen LogP contribution >= 0.6 is 11.6 Å². The Bertz CT molecular complexity index is 772. The van der Waals surface area contributed by atoms with Crippen molar-refractivity contribution in [3.05, 3.63) is 52.3 Å². The van der Waals surface area contributed by atoms with Gasteiger partial charge in [-0.05, 0) is 30.3 Å². The van der Waals surface area contributed by atoms with Crippen LogP contribution in [0.15, 0.2) is 30.3 Å². The summed E-state index contributed by atoms with van der Waals surface area (Å²) in [5.74, 6) is -1.87. The van der Waals surface area contributed by atoms with E-state index in [1.165, 1.54) is 24.3 Å². The van der Waals surface area contributed by atoms with Crippen LogP contribution in [0.1, 0.15) is 15.9 Å². The van der Waals surface area contributed by atoms with E-state index in [0.717, 1.165) is 6.07 Å². The van der Waals surface area contributed by atoms with Crippen molar-refractivity contribution in [1.29, 1.82) is 5.26 Å². The summed E-state index contributed by atoms with van der Waals surface area (Å²) in [4.78, 5) is 11.4. The molecule has 4 N–H and O–H groups in total. The van der Waals surface area contributed by atoms with Gasteiger partial charge < -0.3 is 16.2 Å². The van der Waals surface area contributed by atoms with E-state index in [1.54, 1.807) is 6.07 Å². The number of anilines is 1. The number of benzene rings is 2. The Morgan fingerprint density at radius 2 is 2.05 bits per heavy atom. The lowest BCUT2D eigenvalue weighted by Crippen LogP contribution is -2.13. The molecule has 0 saturated heterocycles. The third-order valence-electron chi connectivity index (χ3n) is 2.60. The largest absolute Gasteiger partial charge is 0.452 e. The van der Waals surface area contributed by atoms with E-state index < -0.39 is 11.7 Å². The highest BCUT2D eigenvalue weighted by molar-refractivity contribution is 6.33. The number of halogens is 2. The molecule has 0 bridgehead atoms. The second-order valence-electron chi connectivity index (χ2n) is 4.10. The fraction of sp³-hybridized carbons (Fsp3) is 0. The Morgan fingerprint density at radius 3 is 2.62 bits per heavy atom. The topological polar surface area (TPSA) is 102 Å². The molecule has 0 atom stereocenters. The molecule has 0 unspecified atom stereocenters. The van der Waals surface area contributed by atoms with Crippen LogP contribution in [0.25, 0.3) is 0 Å². The first-order valence-electron chi connectivity index (χ1n) is 5.68. The van der Waals surface area contributed by atoms with E-state index in [4.69, 9.17) is 33.1 Å². The summed E-state index contributed by atoms with van der Waals surface area (Å²) in [6.45, 7) is 0. The second-order valence-corrected chi connectivity index (χ2v) is 4.51. The molecule has 21 heavy (non-hydrogen) atoms. The van der Waals surface area contributed by atoms with Crippen LogP contribution in [-0.4, -0.2) is 5.91 Å². The first-order valence-corrected chi connectivity index (χ1v) is 6.06. The van der Waals surface area contributed by atoms with E-state index >= 15 is 0 Å². The molecular weight excluding hydrogens is 297 g/mol. The smallest absolute Gasteiger partial charge is 0.252 e.